The molecule has 1 amide bonds. The Morgan fingerprint density at radius 1 is 1.50 bits per heavy atom. The van der Waals surface area contributed by atoms with Crippen molar-refractivity contribution in [2.24, 2.45) is 0 Å². The van der Waals surface area contributed by atoms with E-state index in [0.717, 1.165) is 6.42 Å². The van der Waals surface area contributed by atoms with Crippen LogP contribution in [0.3, 0.4) is 0 Å². The predicted octanol–water partition coefficient (Wildman–Crippen LogP) is 0.899. The number of carbonyl (C=O) groups is 1. The largest absolute Gasteiger partial charge is 0.351 e. The second-order valence-electron chi connectivity index (χ2n) is 3.96. The zero-order valence-corrected chi connectivity index (χ0v) is 8.69. The Hall–Kier alpha value is -0.570. The van der Waals surface area contributed by atoms with Gasteiger partial charge in [0.25, 0.3) is 0 Å². The first-order chi connectivity index (χ1) is 5.37. The molecule has 0 radical (unpaired) electrons. The van der Waals surface area contributed by atoms with Crippen LogP contribution in [-0.2, 0) is 4.79 Å². The summed E-state index contributed by atoms with van der Waals surface area (Å²) < 4.78 is 0. The molecule has 0 aliphatic heterocycles. The lowest BCUT2D eigenvalue weighted by molar-refractivity contribution is -0.120. The molecule has 0 heterocycles. The predicted molar refractivity (Wildman–Crippen MR) is 51.0 cm³/mol. The highest BCUT2D eigenvalue weighted by molar-refractivity contribution is 5.73. The number of rotatable bonds is 4. The van der Waals surface area contributed by atoms with Crippen LogP contribution < -0.4 is 10.6 Å². The van der Waals surface area contributed by atoms with Crippen molar-refractivity contribution in [3.63, 3.8) is 0 Å². The van der Waals surface area contributed by atoms with Crippen molar-refractivity contribution < 1.29 is 4.79 Å². The Balaban J connectivity index is 3.94. The van der Waals surface area contributed by atoms with Gasteiger partial charge in [-0.2, -0.15) is 0 Å². The molecule has 0 aromatic carbocycles. The lowest BCUT2D eigenvalue weighted by atomic mass is 9.96. The fourth-order valence-corrected chi connectivity index (χ4v) is 1.40. The minimum Gasteiger partial charge on any atom is -0.351 e. The third kappa shape index (κ3) is 5.13. The van der Waals surface area contributed by atoms with Crippen molar-refractivity contribution in [1.29, 1.82) is 0 Å². The van der Waals surface area contributed by atoms with Crippen molar-refractivity contribution in [2.75, 3.05) is 7.05 Å². The summed E-state index contributed by atoms with van der Waals surface area (Å²) in [5.74, 6) is 0.0308. The molecule has 1 unspecified atom stereocenters. The number of carbonyl (C=O) groups excluding carboxylic acids is 1. The van der Waals surface area contributed by atoms with Crippen LogP contribution in [0.4, 0.5) is 0 Å². The summed E-state index contributed by atoms with van der Waals surface area (Å²) in [5, 5.41) is 6.05. The average Bonchev–Trinajstić information content (AvgIpc) is 1.83. The van der Waals surface area contributed by atoms with Gasteiger partial charge in [0.2, 0.25) is 5.91 Å². The lowest BCUT2D eigenvalue weighted by Crippen LogP contribution is -2.46. The molecule has 12 heavy (non-hydrogen) atoms. The fraction of sp³-hybridized carbons (Fsp3) is 0.889. The van der Waals surface area contributed by atoms with Crippen LogP contribution in [-0.4, -0.2) is 24.5 Å². The van der Waals surface area contributed by atoms with Gasteiger partial charge in [0, 0.05) is 18.5 Å². The summed E-state index contributed by atoms with van der Waals surface area (Å²) in [6.45, 7) is 7.71. The first-order valence-corrected chi connectivity index (χ1v) is 4.33. The topological polar surface area (TPSA) is 41.1 Å². The molecule has 0 saturated heterocycles. The summed E-state index contributed by atoms with van der Waals surface area (Å²) in [5.41, 5.74) is -0.117. The van der Waals surface area contributed by atoms with Gasteiger partial charge >= 0.3 is 0 Å². The van der Waals surface area contributed by atoms with Gasteiger partial charge in [-0.25, -0.2) is 0 Å². The Morgan fingerprint density at radius 3 is 2.33 bits per heavy atom. The minimum atomic E-state index is -0.117. The molecular formula is C9H20N2O. The molecule has 3 heteroatoms. The molecule has 0 saturated carbocycles. The molecule has 0 aliphatic rings. The molecule has 0 fully saturated rings. The fourth-order valence-electron chi connectivity index (χ4n) is 1.40. The van der Waals surface area contributed by atoms with E-state index in [2.05, 4.69) is 17.6 Å². The summed E-state index contributed by atoms with van der Waals surface area (Å²) in [4.78, 5) is 10.8. The summed E-state index contributed by atoms with van der Waals surface area (Å²) in [7, 11) is 1.93. The van der Waals surface area contributed by atoms with Gasteiger partial charge in [0.15, 0.2) is 0 Å². The van der Waals surface area contributed by atoms with Crippen LogP contribution in [0.2, 0.25) is 0 Å². The SMILES string of the molecule is CNC(C)CC(C)(C)NC(C)=O. The van der Waals surface area contributed by atoms with Gasteiger partial charge in [-0.05, 0) is 34.2 Å². The van der Waals surface area contributed by atoms with Crippen LogP contribution in [0.15, 0.2) is 0 Å². The van der Waals surface area contributed by atoms with E-state index in [9.17, 15) is 4.79 Å². The van der Waals surface area contributed by atoms with Crippen molar-refractivity contribution in [1.82, 2.24) is 10.6 Å². The number of amides is 1. The van der Waals surface area contributed by atoms with Crippen LogP contribution in [0.5, 0.6) is 0 Å². The maximum absolute atomic E-state index is 10.8. The first kappa shape index (κ1) is 11.4. The summed E-state index contributed by atoms with van der Waals surface area (Å²) in [6.07, 6.45) is 0.934. The maximum atomic E-state index is 10.8. The number of nitrogens with one attached hydrogen (secondary N) is 2. The smallest absolute Gasteiger partial charge is 0.217 e. The van der Waals surface area contributed by atoms with E-state index in [0.29, 0.717) is 6.04 Å². The van der Waals surface area contributed by atoms with Crippen molar-refractivity contribution in [3.8, 4) is 0 Å². The summed E-state index contributed by atoms with van der Waals surface area (Å²) >= 11 is 0. The molecule has 3 nitrogen and oxygen atoms in total. The van der Waals surface area contributed by atoms with E-state index in [-0.39, 0.29) is 11.4 Å². The molecular weight excluding hydrogens is 152 g/mol. The highest BCUT2D eigenvalue weighted by atomic mass is 16.1. The molecule has 0 aliphatic carbocycles. The Kier molecular flexibility index (Phi) is 4.24. The van der Waals surface area contributed by atoms with E-state index in [4.69, 9.17) is 0 Å². The molecule has 0 aromatic heterocycles. The summed E-state index contributed by atoms with van der Waals surface area (Å²) in [6, 6.07) is 0.423. The number of hydrogen-bond donors (Lipinski definition) is 2. The second-order valence-corrected chi connectivity index (χ2v) is 3.96. The Bertz CT molecular complexity index is 155. The zero-order valence-electron chi connectivity index (χ0n) is 8.69. The van der Waals surface area contributed by atoms with Crippen LogP contribution in [0, 0.1) is 0 Å². The van der Waals surface area contributed by atoms with Gasteiger partial charge < -0.3 is 10.6 Å². The molecule has 0 aromatic rings. The zero-order chi connectivity index (χ0) is 9.78. The van der Waals surface area contributed by atoms with Gasteiger partial charge in [-0.1, -0.05) is 0 Å². The minimum absolute atomic E-state index is 0.0308. The normalized spacial score (nSPS) is 14.1. The lowest BCUT2D eigenvalue weighted by Gasteiger charge is -2.28. The first-order valence-electron chi connectivity index (χ1n) is 4.33. The van der Waals surface area contributed by atoms with Crippen LogP contribution in [0.1, 0.15) is 34.1 Å². The van der Waals surface area contributed by atoms with E-state index in [1.165, 1.54) is 0 Å². The van der Waals surface area contributed by atoms with Gasteiger partial charge in [-0.3, -0.25) is 4.79 Å². The van der Waals surface area contributed by atoms with E-state index < -0.39 is 0 Å². The third-order valence-corrected chi connectivity index (χ3v) is 1.82. The molecule has 0 rings (SSSR count). The van der Waals surface area contributed by atoms with Crippen LogP contribution >= 0.6 is 0 Å². The van der Waals surface area contributed by atoms with E-state index >= 15 is 0 Å². The van der Waals surface area contributed by atoms with Crippen LogP contribution in [0.25, 0.3) is 0 Å². The van der Waals surface area contributed by atoms with Gasteiger partial charge in [-0.15, -0.1) is 0 Å². The Morgan fingerprint density at radius 2 is 2.00 bits per heavy atom. The number of hydrogen-bond acceptors (Lipinski definition) is 2. The molecule has 72 valence electrons. The maximum Gasteiger partial charge on any atom is 0.217 e. The third-order valence-electron chi connectivity index (χ3n) is 1.82. The molecule has 0 bridgehead atoms. The van der Waals surface area contributed by atoms with E-state index in [1.807, 2.05) is 20.9 Å². The molecule has 1 atom stereocenters. The molecule has 2 N–H and O–H groups in total. The van der Waals surface area contributed by atoms with E-state index in [1.54, 1.807) is 6.92 Å². The monoisotopic (exact) mass is 172 g/mol. The highest BCUT2D eigenvalue weighted by Gasteiger charge is 2.20. The quantitative estimate of drug-likeness (QED) is 0.661. The van der Waals surface area contributed by atoms with Crippen molar-refractivity contribution in [2.45, 2.75) is 45.7 Å². The molecule has 0 spiro atoms. The highest BCUT2D eigenvalue weighted by Crippen LogP contribution is 2.10. The second kappa shape index (κ2) is 4.45. The standard InChI is InChI=1S/C9H20N2O/c1-7(10-5)6-9(3,4)11-8(2)12/h7,10H,6H2,1-5H3,(H,11,12). The average molecular weight is 172 g/mol. The van der Waals surface area contributed by atoms with Gasteiger partial charge in [0.1, 0.15) is 0 Å². The van der Waals surface area contributed by atoms with Gasteiger partial charge in [0.05, 0.1) is 0 Å². The van der Waals surface area contributed by atoms with Crippen molar-refractivity contribution in [3.05, 3.63) is 0 Å². The Labute approximate surface area is 74.9 Å². The van der Waals surface area contributed by atoms with Crippen molar-refractivity contribution >= 4 is 5.91 Å².